The number of ether oxygens (including phenoxy) is 2. The molecule has 2 bridgehead atoms. The maximum Gasteiger partial charge on any atom is 0.264 e. The van der Waals surface area contributed by atoms with Gasteiger partial charge >= 0.3 is 0 Å². The molecule has 2 aromatic rings. The topological polar surface area (TPSA) is 134 Å². The lowest BCUT2D eigenvalue weighted by Crippen LogP contribution is -2.56. The van der Waals surface area contributed by atoms with Gasteiger partial charge in [0.05, 0.1) is 24.1 Å². The van der Waals surface area contributed by atoms with Crippen LogP contribution in [0.25, 0.3) is 0 Å². The van der Waals surface area contributed by atoms with Gasteiger partial charge in [-0.15, -0.1) is 0 Å². The number of piperazine rings is 1. The summed E-state index contributed by atoms with van der Waals surface area (Å²) in [6.45, 7) is 7.72. The van der Waals surface area contributed by atoms with Crippen LogP contribution < -0.4 is 19.7 Å². The normalized spacial score (nSPS) is 33.5. The number of nitrogens with zero attached hydrogens (tertiary/aromatic N) is 2. The summed E-state index contributed by atoms with van der Waals surface area (Å²) < 4.78 is 41.3. The highest BCUT2D eigenvalue weighted by molar-refractivity contribution is 7.90. The van der Waals surface area contributed by atoms with Crippen molar-refractivity contribution in [3.8, 4) is 5.75 Å². The molecule has 8 rings (SSSR count). The lowest BCUT2D eigenvalue weighted by molar-refractivity contribution is -0.136. The molecule has 7 atom stereocenters. The van der Waals surface area contributed by atoms with E-state index in [1.165, 1.54) is 30.4 Å². The van der Waals surface area contributed by atoms with Gasteiger partial charge in [-0.1, -0.05) is 30.7 Å². The number of methoxy groups -OCH3 is 1. The third kappa shape index (κ3) is 7.93. The molecular formula is C42H55ClN4O7S. The second kappa shape index (κ2) is 16.2. The number of benzene rings is 2. The monoisotopic (exact) mass is 794 g/mol. The van der Waals surface area contributed by atoms with Crippen LogP contribution >= 0.6 is 11.6 Å². The zero-order chi connectivity index (χ0) is 39.0. The lowest BCUT2D eigenvalue weighted by atomic mass is 9.64. The average molecular weight is 795 g/mol. The maximum atomic E-state index is 13.4. The molecule has 13 heteroatoms. The van der Waals surface area contributed by atoms with Gasteiger partial charge < -0.3 is 24.6 Å². The molecule has 3 fully saturated rings. The first-order valence-electron chi connectivity index (χ1n) is 19.9. The van der Waals surface area contributed by atoms with Crippen LogP contribution in [0.1, 0.15) is 86.7 Å². The molecule has 0 aromatic heterocycles. The highest BCUT2D eigenvalue weighted by Crippen LogP contribution is 2.48. The number of hydrogen-bond acceptors (Lipinski definition) is 9. The van der Waals surface area contributed by atoms with E-state index in [0.717, 1.165) is 57.2 Å². The van der Waals surface area contributed by atoms with Crippen molar-refractivity contribution < 1.29 is 32.3 Å². The number of halogens is 1. The number of rotatable bonds is 2. The van der Waals surface area contributed by atoms with Crippen LogP contribution in [0.2, 0.25) is 5.02 Å². The largest absolute Gasteiger partial charge is 0.490 e. The van der Waals surface area contributed by atoms with Crippen molar-refractivity contribution in [2.45, 2.75) is 93.9 Å². The Bertz CT molecular complexity index is 1920. The van der Waals surface area contributed by atoms with Gasteiger partial charge in [0.1, 0.15) is 11.4 Å². The number of aldehydes is 1. The van der Waals surface area contributed by atoms with Crippen molar-refractivity contribution in [2.24, 2.45) is 17.8 Å². The van der Waals surface area contributed by atoms with Crippen molar-refractivity contribution >= 4 is 45.4 Å². The number of piperidine rings is 1. The zero-order valence-electron chi connectivity index (χ0n) is 32.2. The van der Waals surface area contributed by atoms with Crippen LogP contribution in [-0.2, 0) is 36.2 Å². The molecule has 0 radical (unpaired) electrons. The molecule has 2 amide bonds. The molecule has 4 heterocycles. The standard InChI is InChI=1S/C34H41ClN2O6S.C8H14N2O/c1-22-6-4-15-34(20-38,42-3)29-11-8-26(29)18-37-19-33(14-5-7-24-16-27(35)10-12-28(24)33)21-43-31-13-9-25(17-30(31)37)32(39)36-44(40,41)23(22)2;11-8-6-9-5-7-3-1-2-4-10(7)8/h4,9-10,12-13,15-17,20,22-23,26,29H,5-8,11,14,18-19,21H2,1-3H3,(H,36,39);7,9H,1-6H2/b15-4+;/t22-,23+,26-,29+,33-,34-;7-/m01/s1. The molecule has 55 heavy (non-hydrogen) atoms. The summed E-state index contributed by atoms with van der Waals surface area (Å²) in [6, 6.07) is 11.8. The van der Waals surface area contributed by atoms with Gasteiger partial charge in [0.2, 0.25) is 15.9 Å². The summed E-state index contributed by atoms with van der Waals surface area (Å²) >= 11 is 6.40. The number of nitrogens with one attached hydrogen (secondary N) is 2. The molecule has 6 aliphatic rings. The summed E-state index contributed by atoms with van der Waals surface area (Å²) in [4.78, 5) is 41.7. The minimum atomic E-state index is -3.97. The predicted octanol–water partition coefficient (Wildman–Crippen LogP) is 5.44. The maximum absolute atomic E-state index is 13.4. The molecule has 4 aliphatic heterocycles. The third-order valence-corrected chi connectivity index (χ3v) is 15.5. The van der Waals surface area contributed by atoms with E-state index >= 15 is 0 Å². The number of fused-ring (bicyclic) bond motifs is 5. The minimum Gasteiger partial charge on any atom is -0.490 e. The van der Waals surface area contributed by atoms with E-state index in [-0.39, 0.29) is 28.7 Å². The van der Waals surface area contributed by atoms with Crippen molar-refractivity contribution in [2.75, 3.05) is 51.3 Å². The van der Waals surface area contributed by atoms with Crippen molar-refractivity contribution in [1.29, 1.82) is 0 Å². The number of allylic oxidation sites excluding steroid dienone is 1. The van der Waals surface area contributed by atoms with Crippen LogP contribution in [0.5, 0.6) is 5.75 Å². The summed E-state index contributed by atoms with van der Waals surface area (Å²) in [6.07, 6.45) is 13.3. The molecule has 1 saturated carbocycles. The van der Waals surface area contributed by atoms with Gasteiger partial charge in [-0.3, -0.25) is 14.4 Å². The quantitative estimate of drug-likeness (QED) is 0.301. The molecule has 2 aromatic carbocycles. The Morgan fingerprint density at radius 1 is 1.05 bits per heavy atom. The lowest BCUT2D eigenvalue weighted by Gasteiger charge is -2.48. The number of amides is 2. The van der Waals surface area contributed by atoms with E-state index in [2.05, 4.69) is 27.1 Å². The Labute approximate surface area is 330 Å². The first-order chi connectivity index (χ1) is 26.4. The number of aryl methyl sites for hydroxylation is 1. The highest BCUT2D eigenvalue weighted by atomic mass is 35.5. The molecule has 2 saturated heterocycles. The van der Waals surface area contributed by atoms with Gasteiger partial charge in [0.25, 0.3) is 5.91 Å². The Hall–Kier alpha value is -3.45. The second-order valence-corrected chi connectivity index (χ2v) is 19.0. The zero-order valence-corrected chi connectivity index (χ0v) is 33.8. The predicted molar refractivity (Wildman–Crippen MR) is 213 cm³/mol. The fourth-order valence-electron chi connectivity index (χ4n) is 9.67. The first kappa shape index (κ1) is 39.8. The van der Waals surface area contributed by atoms with Crippen LogP contribution in [0.15, 0.2) is 48.6 Å². The molecule has 298 valence electrons. The summed E-state index contributed by atoms with van der Waals surface area (Å²) in [7, 11) is -2.41. The first-order valence-corrected chi connectivity index (χ1v) is 21.9. The van der Waals surface area contributed by atoms with E-state index in [4.69, 9.17) is 21.1 Å². The molecular weight excluding hydrogens is 740 g/mol. The smallest absolute Gasteiger partial charge is 0.264 e. The second-order valence-electron chi connectivity index (χ2n) is 16.6. The van der Waals surface area contributed by atoms with E-state index in [9.17, 15) is 22.8 Å². The number of carbonyl (C=O) groups is 3. The number of carbonyl (C=O) groups excluding carboxylic acids is 3. The number of hydrogen-bond donors (Lipinski definition) is 2. The Kier molecular flexibility index (Phi) is 11.7. The third-order valence-electron chi connectivity index (χ3n) is 13.3. The average Bonchev–Trinajstić information content (AvgIpc) is 3.32. The van der Waals surface area contributed by atoms with Gasteiger partial charge in [-0.2, -0.15) is 0 Å². The molecule has 2 N–H and O–H groups in total. The molecule has 1 spiro atoms. The molecule has 0 unspecified atom stereocenters. The summed E-state index contributed by atoms with van der Waals surface area (Å²) in [5.41, 5.74) is 2.05. The van der Waals surface area contributed by atoms with E-state index < -0.39 is 26.8 Å². The Morgan fingerprint density at radius 3 is 2.64 bits per heavy atom. The van der Waals surface area contributed by atoms with Crippen LogP contribution in [0.4, 0.5) is 5.69 Å². The van der Waals surface area contributed by atoms with E-state index in [1.807, 2.05) is 30.0 Å². The number of anilines is 1. The van der Waals surface area contributed by atoms with Crippen LogP contribution in [0, 0.1) is 17.8 Å². The van der Waals surface area contributed by atoms with Crippen LogP contribution in [-0.4, -0.2) is 94.8 Å². The van der Waals surface area contributed by atoms with E-state index in [0.29, 0.717) is 55.4 Å². The van der Waals surface area contributed by atoms with Crippen LogP contribution in [0.3, 0.4) is 0 Å². The summed E-state index contributed by atoms with van der Waals surface area (Å²) in [5, 5.41) is 3.02. The Morgan fingerprint density at radius 2 is 1.89 bits per heavy atom. The van der Waals surface area contributed by atoms with Gasteiger partial charge in [0.15, 0.2) is 6.29 Å². The minimum absolute atomic E-state index is 0.0434. The van der Waals surface area contributed by atoms with Gasteiger partial charge in [0, 0.05) is 61.2 Å². The fraction of sp³-hybridized carbons (Fsp3) is 0.595. The van der Waals surface area contributed by atoms with Gasteiger partial charge in [-0.25, -0.2) is 13.1 Å². The van der Waals surface area contributed by atoms with Gasteiger partial charge in [-0.05, 0) is 124 Å². The highest BCUT2D eigenvalue weighted by Gasteiger charge is 2.49. The Balaban J connectivity index is 0.000000360. The number of sulfonamides is 1. The van der Waals surface area contributed by atoms with E-state index in [1.54, 1.807) is 32.2 Å². The molecule has 11 nitrogen and oxygen atoms in total. The van der Waals surface area contributed by atoms with Crippen molar-refractivity contribution in [3.05, 3.63) is 70.3 Å². The van der Waals surface area contributed by atoms with Crippen molar-refractivity contribution in [1.82, 2.24) is 14.9 Å². The van der Waals surface area contributed by atoms with Crippen molar-refractivity contribution in [3.63, 3.8) is 0 Å². The molecule has 2 aliphatic carbocycles. The fourth-order valence-corrected chi connectivity index (χ4v) is 11.2. The SMILES string of the molecule is CO[C@]1(C=O)/C=C/C[C@H](C)[C@@H](C)S(=O)(=O)NC(=O)c2ccc3c(c2)N(C[C@@H]2CC[C@H]21)C[C@@]1(CCCc2cc(Cl)ccc21)CO3.O=C1CNC[C@H]2CCCCN12. The summed E-state index contributed by atoms with van der Waals surface area (Å²) in [5.74, 6) is 0.0899.